The number of methoxy groups -OCH3 is 1. The molecule has 19 heavy (non-hydrogen) atoms. The van der Waals surface area contributed by atoms with Crippen LogP contribution >= 0.6 is 0 Å². The highest BCUT2D eigenvalue weighted by Gasteiger charge is 2.26. The molecule has 0 aromatic carbocycles. The number of carbonyl (C=O) groups is 2. The Morgan fingerprint density at radius 1 is 1.37 bits per heavy atom. The summed E-state index contributed by atoms with van der Waals surface area (Å²) in [4.78, 5) is 24.0. The van der Waals surface area contributed by atoms with Gasteiger partial charge >= 0.3 is 12.0 Å². The minimum Gasteiger partial charge on any atom is -0.480 e. The number of carbonyl (C=O) groups excluding carboxylic acids is 1. The van der Waals surface area contributed by atoms with Crippen molar-refractivity contribution < 1.29 is 27.9 Å². The molecule has 1 aliphatic rings. The summed E-state index contributed by atoms with van der Waals surface area (Å²) in [5, 5.41) is 11.2. The van der Waals surface area contributed by atoms with E-state index in [-0.39, 0.29) is 24.7 Å². The molecule has 110 valence electrons. The van der Waals surface area contributed by atoms with E-state index in [1.807, 2.05) is 0 Å². The summed E-state index contributed by atoms with van der Waals surface area (Å²) in [5.41, 5.74) is 0. The van der Waals surface area contributed by atoms with Crippen LogP contribution in [0.4, 0.5) is 4.79 Å². The molecule has 1 fully saturated rings. The van der Waals surface area contributed by atoms with Gasteiger partial charge in [-0.05, 0) is 6.42 Å². The maximum atomic E-state index is 11.9. The fourth-order valence-electron chi connectivity index (χ4n) is 1.72. The molecule has 1 saturated heterocycles. The van der Waals surface area contributed by atoms with Crippen molar-refractivity contribution in [1.29, 1.82) is 0 Å². The number of sulfone groups is 1. The van der Waals surface area contributed by atoms with Crippen molar-refractivity contribution in [3.8, 4) is 0 Å². The fourth-order valence-corrected chi connectivity index (χ4v) is 2.99. The summed E-state index contributed by atoms with van der Waals surface area (Å²) in [6.07, 6.45) is 0.359. The van der Waals surface area contributed by atoms with Crippen molar-refractivity contribution >= 4 is 21.8 Å². The highest BCUT2D eigenvalue weighted by Crippen LogP contribution is 2.05. The number of amides is 2. The summed E-state index contributed by atoms with van der Waals surface area (Å²) in [5.74, 6) is -1.24. The normalized spacial score (nSPS) is 20.4. The minimum absolute atomic E-state index is 0.0528. The highest BCUT2D eigenvalue weighted by atomic mass is 32.2. The van der Waals surface area contributed by atoms with Gasteiger partial charge in [-0.3, -0.25) is 0 Å². The maximum Gasteiger partial charge on any atom is 0.328 e. The van der Waals surface area contributed by atoms with Gasteiger partial charge in [-0.1, -0.05) is 0 Å². The zero-order valence-corrected chi connectivity index (χ0v) is 11.5. The van der Waals surface area contributed by atoms with E-state index >= 15 is 0 Å². The first-order valence-corrected chi connectivity index (χ1v) is 7.65. The molecule has 0 aromatic rings. The highest BCUT2D eigenvalue weighted by molar-refractivity contribution is 7.91. The Kier molecular flexibility index (Phi) is 5.55. The molecule has 0 aromatic heterocycles. The first kappa shape index (κ1) is 15.7. The summed E-state index contributed by atoms with van der Waals surface area (Å²) < 4.78 is 27.5. The number of nitrogens with one attached hydrogen (secondary N) is 1. The third-order valence-electron chi connectivity index (χ3n) is 2.77. The molecule has 0 radical (unpaired) electrons. The zero-order chi connectivity index (χ0) is 14.5. The molecule has 1 heterocycles. The lowest BCUT2D eigenvalue weighted by molar-refractivity contribution is -0.140. The van der Waals surface area contributed by atoms with E-state index in [1.54, 1.807) is 0 Å². The molecule has 1 rings (SSSR count). The maximum absolute atomic E-state index is 11.9. The van der Waals surface area contributed by atoms with Gasteiger partial charge in [0.1, 0.15) is 0 Å². The summed E-state index contributed by atoms with van der Waals surface area (Å²) in [6.45, 7) is 0.227. The zero-order valence-electron chi connectivity index (χ0n) is 10.7. The lowest BCUT2D eigenvalue weighted by Crippen LogP contribution is -2.50. The van der Waals surface area contributed by atoms with E-state index in [2.05, 4.69) is 5.32 Å². The van der Waals surface area contributed by atoms with E-state index in [0.717, 1.165) is 0 Å². The van der Waals surface area contributed by atoms with E-state index in [1.165, 1.54) is 12.0 Å². The number of hydrogen-bond acceptors (Lipinski definition) is 5. The van der Waals surface area contributed by atoms with Crippen molar-refractivity contribution in [2.75, 3.05) is 38.3 Å². The average Bonchev–Trinajstić information content (AvgIpc) is 2.49. The largest absolute Gasteiger partial charge is 0.480 e. The van der Waals surface area contributed by atoms with Crippen molar-refractivity contribution in [2.45, 2.75) is 12.5 Å². The van der Waals surface area contributed by atoms with Crippen molar-refractivity contribution in [3.63, 3.8) is 0 Å². The Bertz CT molecular complexity index is 435. The molecule has 1 unspecified atom stereocenters. The quantitative estimate of drug-likeness (QED) is 0.681. The second kappa shape index (κ2) is 6.71. The molecular weight excluding hydrogens is 276 g/mol. The van der Waals surface area contributed by atoms with Crippen molar-refractivity contribution in [2.24, 2.45) is 0 Å². The van der Waals surface area contributed by atoms with Gasteiger partial charge in [-0.2, -0.15) is 0 Å². The predicted octanol–water partition coefficient (Wildman–Crippen LogP) is -1.08. The number of carboxylic acid groups (broad SMARTS) is 1. The van der Waals surface area contributed by atoms with Crippen molar-refractivity contribution in [3.05, 3.63) is 0 Å². The first-order valence-electron chi connectivity index (χ1n) is 5.83. The Morgan fingerprint density at radius 3 is 2.63 bits per heavy atom. The minimum atomic E-state index is -3.10. The number of urea groups is 1. The Hall–Kier alpha value is -1.35. The van der Waals surface area contributed by atoms with Crippen molar-refractivity contribution in [1.82, 2.24) is 10.2 Å². The number of ether oxygens (including phenoxy) is 1. The third-order valence-corrected chi connectivity index (χ3v) is 4.49. The molecule has 0 bridgehead atoms. The summed E-state index contributed by atoms with van der Waals surface area (Å²) in [7, 11) is -1.77. The molecule has 0 aliphatic carbocycles. The van der Waals surface area contributed by atoms with Gasteiger partial charge in [0.15, 0.2) is 15.9 Å². The topological polar surface area (TPSA) is 113 Å². The molecule has 1 atom stereocenters. The second-order valence-corrected chi connectivity index (χ2v) is 6.59. The monoisotopic (exact) mass is 294 g/mol. The van der Waals surface area contributed by atoms with Crippen LogP contribution in [0.3, 0.4) is 0 Å². The van der Waals surface area contributed by atoms with Gasteiger partial charge in [0, 0.05) is 20.2 Å². The smallest absolute Gasteiger partial charge is 0.328 e. The molecule has 1 aliphatic heterocycles. The van der Waals surface area contributed by atoms with E-state index in [9.17, 15) is 18.0 Å². The van der Waals surface area contributed by atoms with Gasteiger partial charge in [-0.15, -0.1) is 0 Å². The average molecular weight is 294 g/mol. The van der Waals surface area contributed by atoms with Gasteiger partial charge in [0.25, 0.3) is 0 Å². The number of aliphatic carboxylic acids is 1. The van der Waals surface area contributed by atoms with Crippen LogP contribution in [-0.4, -0.2) is 74.8 Å². The molecule has 2 N–H and O–H groups in total. The Morgan fingerprint density at radius 2 is 2.05 bits per heavy atom. The number of rotatable bonds is 4. The van der Waals surface area contributed by atoms with Crippen LogP contribution in [0.15, 0.2) is 0 Å². The van der Waals surface area contributed by atoms with E-state index in [0.29, 0.717) is 13.0 Å². The summed E-state index contributed by atoms with van der Waals surface area (Å²) in [6, 6.07) is -1.72. The van der Waals surface area contributed by atoms with E-state index < -0.39 is 27.9 Å². The van der Waals surface area contributed by atoms with Crippen LogP contribution in [0.1, 0.15) is 6.42 Å². The first-order chi connectivity index (χ1) is 8.85. The summed E-state index contributed by atoms with van der Waals surface area (Å²) >= 11 is 0. The van der Waals surface area contributed by atoms with Crippen LogP contribution in [0.2, 0.25) is 0 Å². The van der Waals surface area contributed by atoms with Gasteiger partial charge in [0.05, 0.1) is 18.1 Å². The molecular formula is C10H18N2O6S. The van der Waals surface area contributed by atoms with E-state index in [4.69, 9.17) is 9.84 Å². The lowest BCUT2D eigenvalue weighted by atomic mass is 10.3. The number of hydrogen-bond donors (Lipinski definition) is 2. The lowest BCUT2D eigenvalue weighted by Gasteiger charge is -2.22. The standard InChI is InChI=1S/C10H18N2O6S/c1-18-7-8(9(13)14)11-10(15)12-3-2-5-19(16,17)6-4-12/h8H,2-7H2,1H3,(H,11,15)(H,13,14). The van der Waals surface area contributed by atoms with Crippen LogP contribution in [-0.2, 0) is 19.4 Å². The molecule has 0 spiro atoms. The molecule has 0 saturated carbocycles. The van der Waals surface area contributed by atoms with Crippen LogP contribution in [0.5, 0.6) is 0 Å². The Balaban J connectivity index is 2.59. The fraction of sp³-hybridized carbons (Fsp3) is 0.800. The second-order valence-electron chi connectivity index (χ2n) is 4.29. The molecule has 2 amide bonds. The SMILES string of the molecule is COCC(NC(=O)N1CCCS(=O)(=O)CC1)C(=O)O. The van der Waals surface area contributed by atoms with Gasteiger partial charge in [-0.25, -0.2) is 18.0 Å². The Labute approximate surface area is 111 Å². The van der Waals surface area contributed by atoms with Crippen LogP contribution in [0.25, 0.3) is 0 Å². The third kappa shape index (κ3) is 5.03. The predicted molar refractivity (Wildman–Crippen MR) is 66.7 cm³/mol. The number of nitrogens with zero attached hydrogens (tertiary/aromatic N) is 1. The van der Waals surface area contributed by atoms with Crippen LogP contribution in [0, 0.1) is 0 Å². The van der Waals surface area contributed by atoms with Gasteiger partial charge < -0.3 is 20.1 Å². The molecule has 8 nitrogen and oxygen atoms in total. The number of carboxylic acids is 1. The van der Waals surface area contributed by atoms with Gasteiger partial charge in [0.2, 0.25) is 0 Å². The molecule has 9 heteroatoms. The van der Waals surface area contributed by atoms with Crippen LogP contribution < -0.4 is 5.32 Å².